The molecule has 18 heavy (non-hydrogen) atoms. The maximum Gasteiger partial charge on any atom is 0.0431 e. The standard InChI is InChI=1S/C16H15NS/c17-14(10-12-6-2-1-3-7-12)16-11-13-8-4-5-9-15(13)18-16/h1-9,11,14H,10,17H2. The molecule has 3 aromatic rings. The molecule has 0 aliphatic rings. The minimum Gasteiger partial charge on any atom is -0.323 e. The van der Waals surface area contributed by atoms with Crippen molar-refractivity contribution in [2.45, 2.75) is 12.5 Å². The molecule has 0 aliphatic heterocycles. The zero-order valence-corrected chi connectivity index (χ0v) is 10.9. The largest absolute Gasteiger partial charge is 0.323 e. The number of benzene rings is 2. The second kappa shape index (κ2) is 4.92. The van der Waals surface area contributed by atoms with E-state index in [4.69, 9.17) is 5.73 Å². The van der Waals surface area contributed by atoms with E-state index in [2.05, 4.69) is 54.6 Å². The summed E-state index contributed by atoms with van der Waals surface area (Å²) in [5.74, 6) is 0. The molecule has 1 atom stereocenters. The third-order valence-corrected chi connectivity index (χ3v) is 4.36. The van der Waals surface area contributed by atoms with Crippen LogP contribution < -0.4 is 5.73 Å². The minimum atomic E-state index is 0.0878. The first-order chi connectivity index (χ1) is 8.83. The third-order valence-electron chi connectivity index (χ3n) is 3.11. The summed E-state index contributed by atoms with van der Waals surface area (Å²) in [4.78, 5) is 1.26. The van der Waals surface area contributed by atoms with Gasteiger partial charge in [-0.25, -0.2) is 0 Å². The molecule has 1 unspecified atom stereocenters. The minimum absolute atomic E-state index is 0.0878. The molecule has 3 rings (SSSR count). The molecule has 0 fully saturated rings. The van der Waals surface area contributed by atoms with Gasteiger partial charge in [0, 0.05) is 15.6 Å². The molecule has 0 aliphatic carbocycles. The van der Waals surface area contributed by atoms with Gasteiger partial charge in [0.25, 0.3) is 0 Å². The smallest absolute Gasteiger partial charge is 0.0431 e. The van der Waals surface area contributed by atoms with Gasteiger partial charge in [-0.15, -0.1) is 11.3 Å². The van der Waals surface area contributed by atoms with Gasteiger partial charge in [0.15, 0.2) is 0 Å². The highest BCUT2D eigenvalue weighted by molar-refractivity contribution is 7.19. The van der Waals surface area contributed by atoms with Crippen molar-refractivity contribution in [3.8, 4) is 0 Å². The first kappa shape index (κ1) is 11.5. The fraction of sp³-hybridized carbons (Fsp3) is 0.125. The quantitative estimate of drug-likeness (QED) is 0.745. The van der Waals surface area contributed by atoms with E-state index in [1.807, 2.05) is 6.07 Å². The lowest BCUT2D eigenvalue weighted by Crippen LogP contribution is -2.11. The molecule has 90 valence electrons. The van der Waals surface area contributed by atoms with E-state index in [0.29, 0.717) is 0 Å². The third kappa shape index (κ3) is 2.30. The lowest BCUT2D eigenvalue weighted by atomic mass is 10.1. The number of hydrogen-bond acceptors (Lipinski definition) is 2. The van der Waals surface area contributed by atoms with E-state index in [1.165, 1.54) is 20.5 Å². The summed E-state index contributed by atoms with van der Waals surface area (Å²) in [7, 11) is 0. The normalized spacial score (nSPS) is 12.7. The van der Waals surface area contributed by atoms with Crippen LogP contribution in [0.25, 0.3) is 10.1 Å². The Labute approximate surface area is 111 Å². The average molecular weight is 253 g/mol. The highest BCUT2D eigenvalue weighted by atomic mass is 32.1. The van der Waals surface area contributed by atoms with Crippen molar-refractivity contribution in [2.75, 3.05) is 0 Å². The van der Waals surface area contributed by atoms with Crippen LogP contribution in [0, 0.1) is 0 Å². The first-order valence-corrected chi connectivity index (χ1v) is 6.92. The monoisotopic (exact) mass is 253 g/mol. The fourth-order valence-electron chi connectivity index (χ4n) is 2.15. The molecule has 1 heterocycles. The molecule has 1 aromatic heterocycles. The van der Waals surface area contributed by atoms with E-state index >= 15 is 0 Å². The van der Waals surface area contributed by atoms with Crippen molar-refractivity contribution in [3.05, 3.63) is 71.1 Å². The SMILES string of the molecule is NC(Cc1ccccc1)c1cc2ccccc2s1. The Bertz CT molecular complexity index is 609. The summed E-state index contributed by atoms with van der Waals surface area (Å²) < 4.78 is 1.32. The molecule has 0 bridgehead atoms. The van der Waals surface area contributed by atoms with Crippen LogP contribution in [0.5, 0.6) is 0 Å². The zero-order chi connectivity index (χ0) is 12.4. The number of hydrogen-bond donors (Lipinski definition) is 1. The van der Waals surface area contributed by atoms with E-state index in [9.17, 15) is 0 Å². The summed E-state index contributed by atoms with van der Waals surface area (Å²) in [6, 6.07) is 21.2. The number of rotatable bonds is 3. The van der Waals surface area contributed by atoms with Crippen LogP contribution >= 0.6 is 11.3 Å². The van der Waals surface area contributed by atoms with E-state index in [-0.39, 0.29) is 6.04 Å². The molecule has 2 N–H and O–H groups in total. The molecule has 0 amide bonds. The number of fused-ring (bicyclic) bond motifs is 1. The van der Waals surface area contributed by atoms with Crippen LogP contribution in [0.3, 0.4) is 0 Å². The predicted octanol–water partition coefficient (Wildman–Crippen LogP) is 4.14. The Hall–Kier alpha value is -1.64. The average Bonchev–Trinajstić information content (AvgIpc) is 2.84. The van der Waals surface area contributed by atoms with Gasteiger partial charge in [-0.05, 0) is 29.5 Å². The lowest BCUT2D eigenvalue weighted by molar-refractivity contribution is 0.737. The molecule has 0 saturated heterocycles. The number of thiophene rings is 1. The van der Waals surface area contributed by atoms with Crippen LogP contribution in [0.15, 0.2) is 60.7 Å². The maximum absolute atomic E-state index is 6.30. The van der Waals surface area contributed by atoms with Crippen LogP contribution in [0.4, 0.5) is 0 Å². The zero-order valence-electron chi connectivity index (χ0n) is 10.0. The molecule has 0 radical (unpaired) electrons. The Balaban J connectivity index is 1.86. The molecule has 2 aromatic carbocycles. The van der Waals surface area contributed by atoms with Gasteiger partial charge in [-0.1, -0.05) is 48.5 Å². The van der Waals surface area contributed by atoms with Gasteiger partial charge in [0.2, 0.25) is 0 Å². The van der Waals surface area contributed by atoms with Crippen molar-refractivity contribution in [3.63, 3.8) is 0 Å². The van der Waals surface area contributed by atoms with Crippen molar-refractivity contribution < 1.29 is 0 Å². The van der Waals surface area contributed by atoms with Crippen LogP contribution in [0.1, 0.15) is 16.5 Å². The van der Waals surface area contributed by atoms with Gasteiger partial charge in [0.1, 0.15) is 0 Å². The summed E-state index contributed by atoms with van der Waals surface area (Å²) in [5.41, 5.74) is 7.60. The fourth-order valence-corrected chi connectivity index (χ4v) is 3.22. The van der Waals surface area contributed by atoms with E-state index in [0.717, 1.165) is 6.42 Å². The first-order valence-electron chi connectivity index (χ1n) is 6.11. The van der Waals surface area contributed by atoms with Gasteiger partial charge in [-0.3, -0.25) is 0 Å². The van der Waals surface area contributed by atoms with Gasteiger partial charge in [0.05, 0.1) is 0 Å². The van der Waals surface area contributed by atoms with Crippen LogP contribution in [0.2, 0.25) is 0 Å². The molecule has 0 spiro atoms. The Morgan fingerprint density at radius 1 is 0.944 bits per heavy atom. The molecule has 1 nitrogen and oxygen atoms in total. The summed E-state index contributed by atoms with van der Waals surface area (Å²) in [6.45, 7) is 0. The Morgan fingerprint density at radius 2 is 1.67 bits per heavy atom. The van der Waals surface area contributed by atoms with Crippen molar-refractivity contribution in [1.82, 2.24) is 0 Å². The maximum atomic E-state index is 6.30. The summed E-state index contributed by atoms with van der Waals surface area (Å²) in [6.07, 6.45) is 0.896. The lowest BCUT2D eigenvalue weighted by Gasteiger charge is -2.08. The van der Waals surface area contributed by atoms with E-state index < -0.39 is 0 Å². The Kier molecular flexibility index (Phi) is 3.13. The number of nitrogens with two attached hydrogens (primary N) is 1. The molecule has 0 saturated carbocycles. The summed E-state index contributed by atoms with van der Waals surface area (Å²) in [5, 5.41) is 1.29. The highest BCUT2D eigenvalue weighted by Crippen LogP contribution is 2.30. The van der Waals surface area contributed by atoms with Gasteiger partial charge >= 0.3 is 0 Å². The Morgan fingerprint density at radius 3 is 2.44 bits per heavy atom. The van der Waals surface area contributed by atoms with Gasteiger partial charge in [-0.2, -0.15) is 0 Å². The second-order valence-corrected chi connectivity index (χ2v) is 5.60. The van der Waals surface area contributed by atoms with Crippen LogP contribution in [-0.4, -0.2) is 0 Å². The second-order valence-electron chi connectivity index (χ2n) is 4.48. The van der Waals surface area contributed by atoms with Crippen LogP contribution in [-0.2, 0) is 6.42 Å². The van der Waals surface area contributed by atoms with Crippen molar-refractivity contribution >= 4 is 21.4 Å². The van der Waals surface area contributed by atoms with Gasteiger partial charge < -0.3 is 5.73 Å². The van der Waals surface area contributed by atoms with Crippen molar-refractivity contribution in [2.24, 2.45) is 5.73 Å². The topological polar surface area (TPSA) is 26.0 Å². The van der Waals surface area contributed by atoms with E-state index in [1.54, 1.807) is 11.3 Å². The predicted molar refractivity (Wildman–Crippen MR) is 78.9 cm³/mol. The molecular weight excluding hydrogens is 238 g/mol. The van der Waals surface area contributed by atoms with Crippen molar-refractivity contribution in [1.29, 1.82) is 0 Å². The molecule has 2 heteroatoms. The summed E-state index contributed by atoms with van der Waals surface area (Å²) >= 11 is 1.80. The highest BCUT2D eigenvalue weighted by Gasteiger charge is 2.10. The molecular formula is C16H15NS.